The first kappa shape index (κ1) is 16.1. The Hall–Kier alpha value is -3.34. The van der Waals surface area contributed by atoms with Gasteiger partial charge in [0.25, 0.3) is 0 Å². The van der Waals surface area contributed by atoms with Gasteiger partial charge in [0.15, 0.2) is 0 Å². The van der Waals surface area contributed by atoms with E-state index in [1.54, 1.807) is 6.20 Å². The third-order valence-electron chi connectivity index (χ3n) is 4.51. The Morgan fingerprint density at radius 2 is 1.58 bits per heavy atom. The van der Waals surface area contributed by atoms with Crippen molar-refractivity contribution in [2.75, 3.05) is 6.54 Å². The van der Waals surface area contributed by atoms with Crippen LogP contribution < -0.4 is 5.32 Å². The van der Waals surface area contributed by atoms with Crippen molar-refractivity contribution in [2.45, 2.75) is 12.5 Å². The van der Waals surface area contributed by atoms with Crippen molar-refractivity contribution >= 4 is 11.6 Å². The summed E-state index contributed by atoms with van der Waals surface area (Å²) < 4.78 is 3.89. The zero-order valence-electron chi connectivity index (χ0n) is 14.3. The van der Waals surface area contributed by atoms with Crippen molar-refractivity contribution in [2.24, 2.45) is 0 Å². The maximum Gasteiger partial charge on any atom is 0.232 e. The number of rotatable bonds is 6. The molecule has 0 aliphatic rings. The minimum Gasteiger partial charge on any atom is -0.353 e. The van der Waals surface area contributed by atoms with E-state index in [9.17, 15) is 4.79 Å². The summed E-state index contributed by atoms with van der Waals surface area (Å²) in [7, 11) is 0. The van der Waals surface area contributed by atoms with Crippen LogP contribution in [0, 0.1) is 0 Å². The average Bonchev–Trinajstić information content (AvgIpc) is 3.29. The molecule has 2 aromatic heterocycles. The summed E-state index contributed by atoms with van der Waals surface area (Å²) >= 11 is 0. The first-order valence-electron chi connectivity index (χ1n) is 8.69. The monoisotopic (exact) mass is 344 g/mol. The van der Waals surface area contributed by atoms with Crippen LogP contribution in [0.4, 0.5) is 0 Å². The van der Waals surface area contributed by atoms with Gasteiger partial charge >= 0.3 is 0 Å². The second kappa shape index (κ2) is 7.27. The van der Waals surface area contributed by atoms with Gasteiger partial charge < -0.3 is 9.88 Å². The number of hydrogen-bond acceptors (Lipinski definition) is 2. The van der Waals surface area contributed by atoms with Crippen LogP contribution in [-0.4, -0.2) is 26.6 Å². The minimum absolute atomic E-state index is 0.0130. The highest BCUT2D eigenvalue weighted by molar-refractivity contribution is 5.87. The molecule has 1 amide bonds. The lowest BCUT2D eigenvalue weighted by atomic mass is 9.90. The molecule has 0 radical (unpaired) electrons. The van der Waals surface area contributed by atoms with Gasteiger partial charge in [0.05, 0.1) is 12.1 Å². The molecule has 0 unspecified atom stereocenters. The Labute approximate surface area is 151 Å². The molecule has 1 N–H and O–H groups in total. The average molecular weight is 344 g/mol. The molecule has 130 valence electrons. The van der Waals surface area contributed by atoms with Crippen molar-refractivity contribution < 1.29 is 4.79 Å². The van der Waals surface area contributed by atoms with Crippen LogP contribution in [0.5, 0.6) is 0 Å². The van der Waals surface area contributed by atoms with E-state index in [0.29, 0.717) is 13.1 Å². The van der Waals surface area contributed by atoms with Gasteiger partial charge in [-0.2, -0.15) is 5.10 Å². The molecule has 2 heterocycles. The Kier molecular flexibility index (Phi) is 4.51. The normalized spacial score (nSPS) is 11.1. The highest BCUT2D eigenvalue weighted by atomic mass is 16.1. The lowest BCUT2D eigenvalue weighted by Gasteiger charge is -2.18. The Balaban J connectivity index is 1.49. The summed E-state index contributed by atoms with van der Waals surface area (Å²) in [6.45, 7) is 1.26. The predicted molar refractivity (Wildman–Crippen MR) is 101 cm³/mol. The highest BCUT2D eigenvalue weighted by Crippen LogP contribution is 2.24. The first-order valence-corrected chi connectivity index (χ1v) is 8.69. The lowest BCUT2D eigenvalue weighted by Crippen LogP contribution is -2.32. The van der Waals surface area contributed by atoms with Gasteiger partial charge in [0.1, 0.15) is 5.65 Å². The number of fused-ring (bicyclic) bond motifs is 1. The van der Waals surface area contributed by atoms with Crippen molar-refractivity contribution in [1.82, 2.24) is 19.5 Å². The third kappa shape index (κ3) is 3.24. The van der Waals surface area contributed by atoms with Crippen molar-refractivity contribution in [3.63, 3.8) is 0 Å². The smallest absolute Gasteiger partial charge is 0.232 e. The fourth-order valence-electron chi connectivity index (χ4n) is 3.25. The Morgan fingerprint density at radius 1 is 0.923 bits per heavy atom. The molecule has 0 fully saturated rings. The molecule has 0 spiro atoms. The van der Waals surface area contributed by atoms with Crippen LogP contribution >= 0.6 is 0 Å². The SMILES string of the molecule is O=C(NCCn1ccn2nccc12)C(c1ccccc1)c1ccccc1. The number of amides is 1. The van der Waals surface area contributed by atoms with Crippen molar-refractivity contribution in [3.05, 3.63) is 96.4 Å². The summed E-state index contributed by atoms with van der Waals surface area (Å²) in [5, 5.41) is 7.28. The van der Waals surface area contributed by atoms with Gasteiger partial charge in [-0.3, -0.25) is 4.79 Å². The van der Waals surface area contributed by atoms with Gasteiger partial charge in [0.2, 0.25) is 5.91 Å². The highest BCUT2D eigenvalue weighted by Gasteiger charge is 2.22. The maximum absolute atomic E-state index is 12.9. The van der Waals surface area contributed by atoms with Crippen molar-refractivity contribution in [1.29, 1.82) is 0 Å². The number of carbonyl (C=O) groups excluding carboxylic acids is 1. The quantitative estimate of drug-likeness (QED) is 0.584. The van der Waals surface area contributed by atoms with Crippen molar-refractivity contribution in [3.8, 4) is 0 Å². The molecule has 4 rings (SSSR count). The summed E-state index contributed by atoms with van der Waals surface area (Å²) in [5.41, 5.74) is 3.01. The first-order chi connectivity index (χ1) is 12.8. The molecule has 0 bridgehead atoms. The summed E-state index contributed by atoms with van der Waals surface area (Å²) in [6.07, 6.45) is 5.65. The zero-order chi connectivity index (χ0) is 17.8. The number of aromatic nitrogens is 3. The van der Waals surface area contributed by atoms with E-state index >= 15 is 0 Å². The third-order valence-corrected chi connectivity index (χ3v) is 4.51. The number of hydrogen-bond donors (Lipinski definition) is 1. The Bertz CT molecular complexity index is 949. The zero-order valence-corrected chi connectivity index (χ0v) is 14.3. The standard InChI is InChI=1S/C21H20N4O/c26-21(22-13-14-24-15-16-25-19(24)11-12-23-25)20(17-7-3-1-4-8-17)18-9-5-2-6-10-18/h1-12,15-16,20H,13-14H2,(H,22,26). The Morgan fingerprint density at radius 3 is 2.23 bits per heavy atom. The largest absolute Gasteiger partial charge is 0.353 e. The molecule has 0 aliphatic carbocycles. The molecule has 0 atom stereocenters. The number of benzene rings is 2. The molecule has 5 heteroatoms. The fourth-order valence-corrected chi connectivity index (χ4v) is 3.25. The summed E-state index contributed by atoms with van der Waals surface area (Å²) in [4.78, 5) is 12.9. The fraction of sp³-hybridized carbons (Fsp3) is 0.143. The van der Waals surface area contributed by atoms with Gasteiger partial charge in [-0.1, -0.05) is 60.7 Å². The van der Waals surface area contributed by atoms with Crippen LogP contribution in [0.25, 0.3) is 5.65 Å². The molecule has 0 aliphatic heterocycles. The van der Waals surface area contributed by atoms with Crippen LogP contribution in [0.2, 0.25) is 0 Å². The molecule has 2 aromatic carbocycles. The van der Waals surface area contributed by atoms with Gasteiger partial charge in [0, 0.05) is 31.5 Å². The topological polar surface area (TPSA) is 51.3 Å². The summed E-state index contributed by atoms with van der Waals surface area (Å²) in [5.74, 6) is -0.295. The number of nitrogens with zero attached hydrogens (tertiary/aromatic N) is 3. The number of imidazole rings is 1. The van der Waals surface area contributed by atoms with Gasteiger partial charge in [-0.25, -0.2) is 4.52 Å². The van der Waals surface area contributed by atoms with E-state index in [1.807, 2.05) is 83.6 Å². The maximum atomic E-state index is 12.9. The van der Waals surface area contributed by atoms with E-state index < -0.39 is 0 Å². The van der Waals surface area contributed by atoms with Gasteiger partial charge in [-0.15, -0.1) is 0 Å². The lowest BCUT2D eigenvalue weighted by molar-refractivity contribution is -0.121. The van der Waals surface area contributed by atoms with Crippen LogP contribution in [0.15, 0.2) is 85.3 Å². The second-order valence-electron chi connectivity index (χ2n) is 6.17. The predicted octanol–water partition coefficient (Wildman–Crippen LogP) is 3.08. The van der Waals surface area contributed by atoms with Crippen LogP contribution in [0.1, 0.15) is 17.0 Å². The number of nitrogens with one attached hydrogen (secondary N) is 1. The summed E-state index contributed by atoms with van der Waals surface area (Å²) in [6, 6.07) is 21.8. The van der Waals surface area contributed by atoms with E-state index in [1.165, 1.54) is 0 Å². The van der Waals surface area contributed by atoms with Gasteiger partial charge in [-0.05, 0) is 11.1 Å². The molecular weight excluding hydrogens is 324 g/mol. The van der Waals surface area contributed by atoms with E-state index in [-0.39, 0.29) is 11.8 Å². The van der Waals surface area contributed by atoms with E-state index in [0.717, 1.165) is 16.8 Å². The molecule has 5 nitrogen and oxygen atoms in total. The number of carbonyl (C=O) groups is 1. The van der Waals surface area contributed by atoms with E-state index in [2.05, 4.69) is 15.0 Å². The molecule has 4 aromatic rings. The van der Waals surface area contributed by atoms with Crippen LogP contribution in [-0.2, 0) is 11.3 Å². The molecule has 0 saturated heterocycles. The van der Waals surface area contributed by atoms with Crippen LogP contribution in [0.3, 0.4) is 0 Å². The molecule has 0 saturated carbocycles. The second-order valence-corrected chi connectivity index (χ2v) is 6.17. The minimum atomic E-state index is -0.308. The molecular formula is C21H20N4O. The molecule has 26 heavy (non-hydrogen) atoms. The van der Waals surface area contributed by atoms with E-state index in [4.69, 9.17) is 0 Å².